The number of carboxylic acid groups (broad SMARTS) is 1. The van der Waals surface area contributed by atoms with Gasteiger partial charge < -0.3 is 15.7 Å². The fourth-order valence-corrected chi connectivity index (χ4v) is 3.07. The molecule has 104 valence electrons. The minimum absolute atomic E-state index is 0.165. The Bertz CT molecular complexity index is 514. The molecule has 0 aromatic heterocycles. The first-order valence-electron chi connectivity index (χ1n) is 6.37. The van der Waals surface area contributed by atoms with Crippen molar-refractivity contribution in [2.45, 2.75) is 26.7 Å². The number of carboxylic acids is 1. The smallest absolute Gasteiger partial charge is 0.337 e. The van der Waals surface area contributed by atoms with Gasteiger partial charge in [0.25, 0.3) is 0 Å². The minimum Gasteiger partial charge on any atom is -0.478 e. The van der Waals surface area contributed by atoms with Crippen molar-refractivity contribution >= 4 is 28.9 Å². The van der Waals surface area contributed by atoms with E-state index in [-0.39, 0.29) is 11.0 Å². The van der Waals surface area contributed by atoms with E-state index < -0.39 is 5.97 Å². The van der Waals surface area contributed by atoms with Crippen molar-refractivity contribution in [1.29, 1.82) is 0 Å². The van der Waals surface area contributed by atoms with Gasteiger partial charge in [0.05, 0.1) is 16.3 Å². The van der Waals surface area contributed by atoms with Crippen molar-refractivity contribution < 1.29 is 9.90 Å². The number of benzene rings is 1. The summed E-state index contributed by atoms with van der Waals surface area (Å²) in [6, 6.07) is 3.09. The molecule has 1 fully saturated rings. The van der Waals surface area contributed by atoms with Crippen LogP contribution in [-0.4, -0.2) is 24.2 Å². The minimum atomic E-state index is -0.993. The largest absolute Gasteiger partial charge is 0.478 e. The Morgan fingerprint density at radius 2 is 2.16 bits per heavy atom. The van der Waals surface area contributed by atoms with Gasteiger partial charge in [-0.15, -0.1) is 0 Å². The second-order valence-corrected chi connectivity index (χ2v) is 6.30. The zero-order chi connectivity index (χ0) is 14.2. The Morgan fingerprint density at radius 3 is 2.74 bits per heavy atom. The Balaban J connectivity index is 2.46. The van der Waals surface area contributed by atoms with Crippen molar-refractivity contribution in [1.82, 2.24) is 0 Å². The molecule has 0 aliphatic carbocycles. The highest BCUT2D eigenvalue weighted by Gasteiger charge is 2.30. The lowest BCUT2D eigenvalue weighted by Gasteiger charge is -2.40. The molecule has 0 amide bonds. The first-order chi connectivity index (χ1) is 8.80. The summed E-state index contributed by atoms with van der Waals surface area (Å²) in [4.78, 5) is 13.5. The molecule has 0 spiro atoms. The molecule has 3 N–H and O–H groups in total. The highest BCUT2D eigenvalue weighted by atomic mass is 35.5. The second-order valence-electron chi connectivity index (χ2n) is 5.89. The van der Waals surface area contributed by atoms with Crippen LogP contribution in [0.5, 0.6) is 0 Å². The number of anilines is 2. The lowest BCUT2D eigenvalue weighted by molar-refractivity contribution is 0.0697. The summed E-state index contributed by atoms with van der Waals surface area (Å²) in [7, 11) is 0. The van der Waals surface area contributed by atoms with Crippen molar-refractivity contribution in [2.24, 2.45) is 5.41 Å². The maximum absolute atomic E-state index is 11.4. The standard InChI is InChI=1S/C14H19ClN2O2/c1-14(2)4-3-5-17(8-14)12-10(13(18)19)6-9(16)7-11(12)15/h6-7H,3-5,8,16H2,1-2H3,(H,18,19). The molecular formula is C14H19ClN2O2. The number of hydrogen-bond donors (Lipinski definition) is 2. The van der Waals surface area contributed by atoms with E-state index in [1.807, 2.05) is 0 Å². The van der Waals surface area contributed by atoms with Crippen molar-refractivity contribution in [3.63, 3.8) is 0 Å². The molecule has 0 bridgehead atoms. The van der Waals surface area contributed by atoms with Crippen LogP contribution in [0.3, 0.4) is 0 Å². The Hall–Kier alpha value is -1.42. The van der Waals surface area contributed by atoms with Crippen LogP contribution in [0.4, 0.5) is 11.4 Å². The number of nitrogen functional groups attached to an aromatic ring is 1. The number of nitrogens with zero attached hydrogens (tertiary/aromatic N) is 1. The van der Waals surface area contributed by atoms with E-state index in [4.69, 9.17) is 17.3 Å². The van der Waals surface area contributed by atoms with E-state index in [2.05, 4.69) is 18.7 Å². The number of aromatic carboxylic acids is 1. The molecule has 2 rings (SSSR count). The zero-order valence-corrected chi connectivity index (χ0v) is 12.0. The highest BCUT2D eigenvalue weighted by molar-refractivity contribution is 6.34. The van der Waals surface area contributed by atoms with Crippen molar-refractivity contribution in [3.8, 4) is 0 Å². The van der Waals surface area contributed by atoms with Crippen molar-refractivity contribution in [3.05, 3.63) is 22.7 Å². The Kier molecular flexibility index (Phi) is 3.63. The molecule has 1 heterocycles. The molecule has 1 aromatic carbocycles. The summed E-state index contributed by atoms with van der Waals surface area (Å²) in [5, 5.41) is 9.75. The SMILES string of the molecule is CC1(C)CCCN(c2c(Cl)cc(N)cc2C(=O)O)C1. The lowest BCUT2D eigenvalue weighted by Crippen LogP contribution is -2.41. The van der Waals surface area contributed by atoms with Gasteiger partial charge in [0, 0.05) is 18.8 Å². The number of rotatable bonds is 2. The highest BCUT2D eigenvalue weighted by Crippen LogP contribution is 2.38. The number of piperidine rings is 1. The first-order valence-corrected chi connectivity index (χ1v) is 6.75. The van der Waals surface area contributed by atoms with Gasteiger partial charge in [-0.2, -0.15) is 0 Å². The first kappa shape index (κ1) is 14.0. The summed E-state index contributed by atoms with van der Waals surface area (Å²) in [6.45, 7) is 6.00. The molecule has 5 heteroatoms. The third-order valence-electron chi connectivity index (χ3n) is 3.53. The summed E-state index contributed by atoms with van der Waals surface area (Å²) in [5.41, 5.74) is 7.00. The third-order valence-corrected chi connectivity index (χ3v) is 3.82. The molecule has 0 unspecified atom stereocenters. The van der Waals surface area contributed by atoms with Gasteiger partial charge in [0.15, 0.2) is 0 Å². The molecule has 1 aliphatic rings. The predicted molar refractivity (Wildman–Crippen MR) is 78.1 cm³/mol. The summed E-state index contributed by atoms with van der Waals surface area (Å²) in [6.07, 6.45) is 2.17. The number of hydrogen-bond acceptors (Lipinski definition) is 3. The van der Waals surface area contributed by atoms with Gasteiger partial charge in [-0.3, -0.25) is 0 Å². The summed E-state index contributed by atoms with van der Waals surface area (Å²) < 4.78 is 0. The summed E-state index contributed by atoms with van der Waals surface area (Å²) in [5.74, 6) is -0.993. The van der Waals surface area contributed by atoms with Crippen LogP contribution in [0.2, 0.25) is 5.02 Å². The molecule has 4 nitrogen and oxygen atoms in total. The normalized spacial score (nSPS) is 18.4. The van der Waals surface area contributed by atoms with Crippen LogP contribution in [-0.2, 0) is 0 Å². The predicted octanol–water partition coefficient (Wildman–Crippen LogP) is 3.25. The molecule has 0 atom stereocenters. The summed E-state index contributed by atoms with van der Waals surface area (Å²) >= 11 is 6.22. The van der Waals surface area contributed by atoms with Crippen LogP contribution < -0.4 is 10.6 Å². The fourth-order valence-electron chi connectivity index (χ4n) is 2.72. The maximum Gasteiger partial charge on any atom is 0.337 e. The van der Waals surface area contributed by atoms with E-state index in [1.54, 1.807) is 6.07 Å². The van der Waals surface area contributed by atoms with Gasteiger partial charge >= 0.3 is 5.97 Å². The van der Waals surface area contributed by atoms with Crippen LogP contribution in [0, 0.1) is 5.41 Å². The zero-order valence-electron chi connectivity index (χ0n) is 11.2. The van der Waals surface area contributed by atoms with E-state index >= 15 is 0 Å². The van der Waals surface area contributed by atoms with E-state index in [0.29, 0.717) is 16.4 Å². The van der Waals surface area contributed by atoms with Crippen LogP contribution in [0.15, 0.2) is 12.1 Å². The van der Waals surface area contributed by atoms with E-state index in [1.165, 1.54) is 6.07 Å². The molecule has 0 radical (unpaired) electrons. The average Bonchev–Trinajstić information content (AvgIpc) is 2.26. The number of halogens is 1. The van der Waals surface area contributed by atoms with Gasteiger partial charge in [-0.25, -0.2) is 4.79 Å². The Labute approximate surface area is 118 Å². The maximum atomic E-state index is 11.4. The van der Waals surface area contributed by atoms with Gasteiger partial charge in [-0.05, 0) is 30.4 Å². The lowest BCUT2D eigenvalue weighted by atomic mass is 9.84. The molecule has 1 aromatic rings. The van der Waals surface area contributed by atoms with Crippen LogP contribution in [0.1, 0.15) is 37.0 Å². The van der Waals surface area contributed by atoms with E-state index in [0.717, 1.165) is 25.9 Å². The third kappa shape index (κ3) is 2.95. The number of nitrogens with two attached hydrogens (primary N) is 1. The van der Waals surface area contributed by atoms with Crippen molar-refractivity contribution in [2.75, 3.05) is 23.7 Å². The van der Waals surface area contributed by atoms with Crippen LogP contribution >= 0.6 is 11.6 Å². The number of carbonyl (C=O) groups is 1. The average molecular weight is 283 g/mol. The Morgan fingerprint density at radius 1 is 1.47 bits per heavy atom. The molecular weight excluding hydrogens is 264 g/mol. The fraction of sp³-hybridized carbons (Fsp3) is 0.500. The van der Waals surface area contributed by atoms with Crippen LogP contribution in [0.25, 0.3) is 0 Å². The van der Waals surface area contributed by atoms with E-state index in [9.17, 15) is 9.90 Å². The topological polar surface area (TPSA) is 66.6 Å². The molecule has 1 saturated heterocycles. The van der Waals surface area contributed by atoms with Gasteiger partial charge in [-0.1, -0.05) is 25.4 Å². The second kappa shape index (κ2) is 4.93. The van der Waals surface area contributed by atoms with Gasteiger partial charge in [0.1, 0.15) is 0 Å². The molecule has 0 saturated carbocycles. The molecule has 1 aliphatic heterocycles. The molecule has 19 heavy (non-hydrogen) atoms. The quantitative estimate of drug-likeness (QED) is 0.817. The van der Waals surface area contributed by atoms with Gasteiger partial charge in [0.2, 0.25) is 0 Å². The monoisotopic (exact) mass is 282 g/mol.